The lowest BCUT2D eigenvalue weighted by Gasteiger charge is -2.17. The Bertz CT molecular complexity index is 615. The second-order valence-corrected chi connectivity index (χ2v) is 4.97. The fraction of sp³-hybridized carbons (Fsp3) is 0.364. The molecule has 2 aromatic rings. The SMILES string of the molecule is O=c1ccnc2sc(NC3CC=CCC3)nn12. The van der Waals surface area contributed by atoms with Gasteiger partial charge in [0, 0.05) is 18.3 Å². The van der Waals surface area contributed by atoms with Crippen molar-refractivity contribution in [3.63, 3.8) is 0 Å². The molecule has 1 aliphatic carbocycles. The van der Waals surface area contributed by atoms with Gasteiger partial charge in [0.2, 0.25) is 10.1 Å². The van der Waals surface area contributed by atoms with E-state index in [4.69, 9.17) is 0 Å². The van der Waals surface area contributed by atoms with Gasteiger partial charge in [-0.25, -0.2) is 4.98 Å². The number of nitrogens with zero attached hydrogens (tertiary/aromatic N) is 3. The standard InChI is InChI=1S/C11H12N4OS/c16-9-6-7-12-11-15(9)14-10(17-11)13-8-4-2-1-3-5-8/h1-2,6-8H,3-5H2,(H,13,14). The van der Waals surface area contributed by atoms with Crippen LogP contribution >= 0.6 is 11.3 Å². The smallest absolute Gasteiger partial charge is 0.275 e. The van der Waals surface area contributed by atoms with E-state index in [0.29, 0.717) is 11.0 Å². The third kappa shape index (κ3) is 2.08. The molecular formula is C11H12N4OS. The molecule has 0 radical (unpaired) electrons. The zero-order valence-corrected chi connectivity index (χ0v) is 9.98. The first kappa shape index (κ1) is 10.5. The summed E-state index contributed by atoms with van der Waals surface area (Å²) in [7, 11) is 0. The topological polar surface area (TPSA) is 59.3 Å². The lowest BCUT2D eigenvalue weighted by Crippen LogP contribution is -2.20. The molecule has 2 heterocycles. The largest absolute Gasteiger partial charge is 0.357 e. The molecule has 0 saturated heterocycles. The number of nitrogens with one attached hydrogen (secondary N) is 1. The summed E-state index contributed by atoms with van der Waals surface area (Å²) in [5.41, 5.74) is -0.136. The van der Waals surface area contributed by atoms with Crippen molar-refractivity contribution >= 4 is 21.4 Å². The first-order valence-electron chi connectivity index (χ1n) is 5.59. The molecule has 0 saturated carbocycles. The summed E-state index contributed by atoms with van der Waals surface area (Å²) in [5.74, 6) is 0. The minimum Gasteiger partial charge on any atom is -0.357 e. The first-order chi connectivity index (χ1) is 8.33. The van der Waals surface area contributed by atoms with Crippen LogP contribution in [0.1, 0.15) is 19.3 Å². The summed E-state index contributed by atoms with van der Waals surface area (Å²) in [5, 5.41) is 8.35. The van der Waals surface area contributed by atoms with Crippen molar-refractivity contribution in [1.82, 2.24) is 14.6 Å². The maximum absolute atomic E-state index is 11.5. The predicted octanol–water partition coefficient (Wildman–Crippen LogP) is 1.67. The number of anilines is 1. The quantitative estimate of drug-likeness (QED) is 0.821. The lowest BCUT2D eigenvalue weighted by molar-refractivity contribution is 0.642. The van der Waals surface area contributed by atoms with Gasteiger partial charge in [-0.2, -0.15) is 4.52 Å². The van der Waals surface area contributed by atoms with Gasteiger partial charge in [0.25, 0.3) is 5.56 Å². The number of rotatable bonds is 2. The van der Waals surface area contributed by atoms with Crippen LogP contribution in [0.15, 0.2) is 29.2 Å². The highest BCUT2D eigenvalue weighted by molar-refractivity contribution is 7.20. The van der Waals surface area contributed by atoms with Crippen LogP contribution in [0.25, 0.3) is 4.96 Å². The highest BCUT2D eigenvalue weighted by atomic mass is 32.1. The van der Waals surface area contributed by atoms with Gasteiger partial charge in [-0.15, -0.1) is 5.10 Å². The Morgan fingerprint density at radius 2 is 2.41 bits per heavy atom. The third-order valence-corrected chi connectivity index (χ3v) is 3.62. The van der Waals surface area contributed by atoms with Gasteiger partial charge in [-0.1, -0.05) is 23.5 Å². The van der Waals surface area contributed by atoms with Gasteiger partial charge in [0.15, 0.2) is 0 Å². The molecule has 17 heavy (non-hydrogen) atoms. The molecule has 6 heteroatoms. The van der Waals surface area contributed by atoms with Crippen molar-refractivity contribution < 1.29 is 0 Å². The number of allylic oxidation sites excluding steroid dienone is 1. The summed E-state index contributed by atoms with van der Waals surface area (Å²) >= 11 is 1.41. The van der Waals surface area contributed by atoms with Gasteiger partial charge < -0.3 is 5.32 Å². The van der Waals surface area contributed by atoms with Crippen LogP contribution in [0.4, 0.5) is 5.13 Å². The fourth-order valence-corrected chi connectivity index (χ4v) is 2.75. The van der Waals surface area contributed by atoms with Crippen LogP contribution in [0.3, 0.4) is 0 Å². The average molecular weight is 248 g/mol. The van der Waals surface area contributed by atoms with Crippen molar-refractivity contribution in [3.05, 3.63) is 34.8 Å². The molecule has 0 amide bonds. The van der Waals surface area contributed by atoms with Gasteiger partial charge in [-0.3, -0.25) is 4.79 Å². The minimum absolute atomic E-state index is 0.136. The van der Waals surface area contributed by atoms with Gasteiger partial charge in [-0.05, 0) is 19.3 Å². The van der Waals surface area contributed by atoms with Crippen LogP contribution in [0.5, 0.6) is 0 Å². The molecule has 3 rings (SSSR count). The molecule has 0 fully saturated rings. The Hall–Kier alpha value is -1.69. The minimum atomic E-state index is -0.136. The van der Waals surface area contributed by atoms with E-state index in [0.717, 1.165) is 24.4 Å². The van der Waals surface area contributed by atoms with Crippen LogP contribution in [-0.4, -0.2) is 20.6 Å². The van der Waals surface area contributed by atoms with Gasteiger partial charge >= 0.3 is 0 Å². The van der Waals surface area contributed by atoms with E-state index in [2.05, 4.69) is 27.6 Å². The van der Waals surface area contributed by atoms with Crippen LogP contribution in [0, 0.1) is 0 Å². The summed E-state index contributed by atoms with van der Waals surface area (Å²) in [4.78, 5) is 16.3. The van der Waals surface area contributed by atoms with Crippen molar-refractivity contribution in [3.8, 4) is 0 Å². The van der Waals surface area contributed by atoms with Crippen molar-refractivity contribution in [2.45, 2.75) is 25.3 Å². The van der Waals surface area contributed by atoms with E-state index in [1.807, 2.05) is 0 Å². The van der Waals surface area contributed by atoms with Crippen LogP contribution < -0.4 is 10.9 Å². The Labute approximate surface area is 102 Å². The van der Waals surface area contributed by atoms with Gasteiger partial charge in [0.05, 0.1) is 0 Å². The van der Waals surface area contributed by atoms with E-state index < -0.39 is 0 Å². The van der Waals surface area contributed by atoms with E-state index in [-0.39, 0.29) is 5.56 Å². The molecule has 0 bridgehead atoms. The number of hydrogen-bond acceptors (Lipinski definition) is 5. The van der Waals surface area contributed by atoms with Crippen LogP contribution in [-0.2, 0) is 0 Å². The van der Waals surface area contributed by atoms with Crippen molar-refractivity contribution in [2.24, 2.45) is 0 Å². The molecular weight excluding hydrogens is 236 g/mol. The van der Waals surface area contributed by atoms with E-state index in [9.17, 15) is 4.79 Å². The molecule has 1 N–H and O–H groups in total. The number of aromatic nitrogens is 3. The van der Waals surface area contributed by atoms with Crippen molar-refractivity contribution in [1.29, 1.82) is 0 Å². The molecule has 1 atom stereocenters. The normalized spacial score (nSPS) is 19.6. The van der Waals surface area contributed by atoms with Gasteiger partial charge in [0.1, 0.15) is 0 Å². The summed E-state index contributed by atoms with van der Waals surface area (Å²) in [6, 6.07) is 1.83. The molecule has 1 unspecified atom stereocenters. The Kier molecular flexibility index (Phi) is 2.64. The molecule has 88 valence electrons. The first-order valence-corrected chi connectivity index (χ1v) is 6.41. The lowest BCUT2D eigenvalue weighted by atomic mass is 10.0. The molecule has 0 aliphatic heterocycles. The average Bonchev–Trinajstić information content (AvgIpc) is 2.74. The Morgan fingerprint density at radius 3 is 3.18 bits per heavy atom. The maximum Gasteiger partial charge on any atom is 0.275 e. The molecule has 0 aromatic carbocycles. The zero-order chi connectivity index (χ0) is 11.7. The van der Waals surface area contributed by atoms with E-state index >= 15 is 0 Å². The maximum atomic E-state index is 11.5. The number of fused-ring (bicyclic) bond motifs is 1. The third-order valence-electron chi connectivity index (χ3n) is 2.77. The second-order valence-electron chi connectivity index (χ2n) is 4.01. The van der Waals surface area contributed by atoms with E-state index in [1.54, 1.807) is 0 Å². The molecule has 1 aliphatic rings. The molecule has 5 nitrogen and oxygen atoms in total. The van der Waals surface area contributed by atoms with E-state index in [1.165, 1.54) is 28.1 Å². The summed E-state index contributed by atoms with van der Waals surface area (Å²) < 4.78 is 1.34. The predicted molar refractivity (Wildman–Crippen MR) is 67.5 cm³/mol. The molecule has 2 aromatic heterocycles. The molecule has 0 spiro atoms. The summed E-state index contributed by atoms with van der Waals surface area (Å²) in [6.07, 6.45) is 9.11. The Morgan fingerprint density at radius 1 is 1.47 bits per heavy atom. The fourth-order valence-electron chi connectivity index (χ4n) is 1.90. The second kappa shape index (κ2) is 4.29. The Balaban J connectivity index is 1.88. The highest BCUT2D eigenvalue weighted by Gasteiger charge is 2.12. The van der Waals surface area contributed by atoms with Crippen LogP contribution in [0.2, 0.25) is 0 Å². The zero-order valence-electron chi connectivity index (χ0n) is 9.17. The summed E-state index contributed by atoms with van der Waals surface area (Å²) in [6.45, 7) is 0. The number of hydrogen-bond donors (Lipinski definition) is 1. The highest BCUT2D eigenvalue weighted by Crippen LogP contribution is 2.20. The monoisotopic (exact) mass is 248 g/mol. The van der Waals surface area contributed by atoms with Crippen molar-refractivity contribution in [2.75, 3.05) is 5.32 Å².